The Balaban J connectivity index is 2.68. The highest BCUT2D eigenvalue weighted by Crippen LogP contribution is 2.05. The molecule has 2 heteroatoms. The summed E-state index contributed by atoms with van der Waals surface area (Å²) in [5, 5.41) is 3.13. The minimum Gasteiger partial charge on any atom is -0.319 e. The molecule has 0 saturated heterocycles. The Morgan fingerprint density at radius 3 is 3.00 bits per heavy atom. The number of hydrogen-bond donors (Lipinski definition) is 1. The Labute approximate surface area is 74.0 Å². The van der Waals surface area contributed by atoms with E-state index in [2.05, 4.69) is 23.3 Å². The Kier molecular flexibility index (Phi) is 3.74. The number of aryl methyl sites for hydroxylation is 1. The number of nitrogens with zero attached hydrogens (tertiary/aromatic N) is 1. The molecule has 1 aromatic heterocycles. The average Bonchev–Trinajstić information content (AvgIpc) is 2.15. The van der Waals surface area contributed by atoms with Gasteiger partial charge in [-0.15, -0.1) is 0 Å². The molecular weight excluding hydrogens is 148 g/mol. The Hall–Kier alpha value is -0.890. The van der Waals surface area contributed by atoms with Gasteiger partial charge in [-0.05, 0) is 25.1 Å². The molecule has 0 aliphatic carbocycles. The van der Waals surface area contributed by atoms with Gasteiger partial charge in [0, 0.05) is 24.9 Å². The van der Waals surface area contributed by atoms with E-state index in [4.69, 9.17) is 0 Å². The number of hydrogen-bond acceptors (Lipinski definition) is 2. The highest BCUT2D eigenvalue weighted by molar-refractivity contribution is 5.19. The topological polar surface area (TPSA) is 24.9 Å². The van der Waals surface area contributed by atoms with Gasteiger partial charge in [-0.2, -0.15) is 0 Å². The summed E-state index contributed by atoms with van der Waals surface area (Å²) >= 11 is 0. The van der Waals surface area contributed by atoms with Crippen molar-refractivity contribution in [3.8, 4) is 0 Å². The SMILES string of the molecule is CCc1cccnc1CCNC. The fraction of sp³-hybridized carbons (Fsp3) is 0.500. The van der Waals surface area contributed by atoms with Crippen molar-refractivity contribution in [1.82, 2.24) is 10.3 Å². The van der Waals surface area contributed by atoms with Crippen LogP contribution in [0.2, 0.25) is 0 Å². The van der Waals surface area contributed by atoms with Crippen LogP contribution in [-0.2, 0) is 12.8 Å². The second-order valence-corrected chi connectivity index (χ2v) is 2.82. The van der Waals surface area contributed by atoms with Gasteiger partial charge in [0.25, 0.3) is 0 Å². The molecule has 12 heavy (non-hydrogen) atoms. The van der Waals surface area contributed by atoms with Gasteiger partial charge in [-0.1, -0.05) is 13.0 Å². The molecule has 1 N–H and O–H groups in total. The van der Waals surface area contributed by atoms with Crippen molar-refractivity contribution >= 4 is 0 Å². The van der Waals surface area contributed by atoms with Crippen LogP contribution in [0.5, 0.6) is 0 Å². The van der Waals surface area contributed by atoms with Gasteiger partial charge < -0.3 is 5.32 Å². The number of pyridine rings is 1. The summed E-state index contributed by atoms with van der Waals surface area (Å²) < 4.78 is 0. The molecule has 0 spiro atoms. The molecule has 0 aliphatic rings. The van der Waals surface area contributed by atoms with E-state index in [9.17, 15) is 0 Å². The Morgan fingerprint density at radius 1 is 1.50 bits per heavy atom. The third-order valence-corrected chi connectivity index (χ3v) is 1.98. The molecule has 0 atom stereocenters. The molecule has 0 bridgehead atoms. The first kappa shape index (κ1) is 9.20. The normalized spacial score (nSPS) is 10.2. The first-order valence-electron chi connectivity index (χ1n) is 4.45. The summed E-state index contributed by atoms with van der Waals surface area (Å²) in [6.07, 6.45) is 3.97. The van der Waals surface area contributed by atoms with Gasteiger partial charge in [0.1, 0.15) is 0 Å². The lowest BCUT2D eigenvalue weighted by Gasteiger charge is -2.04. The highest BCUT2D eigenvalue weighted by atomic mass is 14.8. The number of aromatic nitrogens is 1. The van der Waals surface area contributed by atoms with E-state index in [-0.39, 0.29) is 0 Å². The number of nitrogens with one attached hydrogen (secondary N) is 1. The van der Waals surface area contributed by atoms with E-state index in [0.717, 1.165) is 19.4 Å². The molecule has 66 valence electrons. The van der Waals surface area contributed by atoms with Crippen molar-refractivity contribution in [2.45, 2.75) is 19.8 Å². The molecule has 1 heterocycles. The fourth-order valence-electron chi connectivity index (χ4n) is 1.26. The monoisotopic (exact) mass is 164 g/mol. The van der Waals surface area contributed by atoms with Crippen molar-refractivity contribution in [3.63, 3.8) is 0 Å². The smallest absolute Gasteiger partial charge is 0.0448 e. The quantitative estimate of drug-likeness (QED) is 0.727. The van der Waals surface area contributed by atoms with Crippen LogP contribution in [0.25, 0.3) is 0 Å². The maximum Gasteiger partial charge on any atom is 0.0448 e. The lowest BCUT2D eigenvalue weighted by molar-refractivity contribution is 0.767. The lowest BCUT2D eigenvalue weighted by Crippen LogP contribution is -2.12. The van der Waals surface area contributed by atoms with Gasteiger partial charge >= 0.3 is 0 Å². The first-order chi connectivity index (χ1) is 5.88. The van der Waals surface area contributed by atoms with Crippen molar-refractivity contribution in [2.75, 3.05) is 13.6 Å². The van der Waals surface area contributed by atoms with Gasteiger partial charge in [0.2, 0.25) is 0 Å². The van der Waals surface area contributed by atoms with E-state index in [1.807, 2.05) is 19.3 Å². The molecule has 1 rings (SSSR count). The van der Waals surface area contributed by atoms with E-state index in [1.54, 1.807) is 0 Å². The Morgan fingerprint density at radius 2 is 2.33 bits per heavy atom. The highest BCUT2D eigenvalue weighted by Gasteiger charge is 1.98. The standard InChI is InChI=1S/C10H16N2/c1-3-9-5-4-7-12-10(9)6-8-11-2/h4-5,7,11H,3,6,8H2,1-2H3. The minimum atomic E-state index is 1.00. The third kappa shape index (κ3) is 2.31. The molecule has 0 fully saturated rings. The summed E-state index contributed by atoms with van der Waals surface area (Å²) in [6, 6.07) is 4.15. The predicted molar refractivity (Wildman–Crippen MR) is 51.2 cm³/mol. The van der Waals surface area contributed by atoms with Crippen LogP contribution >= 0.6 is 0 Å². The van der Waals surface area contributed by atoms with Gasteiger partial charge in [0.05, 0.1) is 0 Å². The Bertz CT molecular complexity index is 233. The lowest BCUT2D eigenvalue weighted by atomic mass is 10.1. The molecule has 2 nitrogen and oxygen atoms in total. The fourth-order valence-corrected chi connectivity index (χ4v) is 1.26. The van der Waals surface area contributed by atoms with Crippen LogP contribution < -0.4 is 5.32 Å². The second-order valence-electron chi connectivity index (χ2n) is 2.82. The number of likely N-dealkylation sites (N-methyl/N-ethyl adjacent to an activating group) is 1. The van der Waals surface area contributed by atoms with Crippen molar-refractivity contribution < 1.29 is 0 Å². The largest absolute Gasteiger partial charge is 0.319 e. The summed E-state index contributed by atoms with van der Waals surface area (Å²) in [7, 11) is 1.97. The van der Waals surface area contributed by atoms with Gasteiger partial charge in [0.15, 0.2) is 0 Å². The summed E-state index contributed by atoms with van der Waals surface area (Å²) in [5.74, 6) is 0. The van der Waals surface area contributed by atoms with Crippen molar-refractivity contribution in [1.29, 1.82) is 0 Å². The van der Waals surface area contributed by atoms with E-state index in [1.165, 1.54) is 11.3 Å². The molecule has 0 saturated carbocycles. The summed E-state index contributed by atoms with van der Waals surface area (Å²) in [5.41, 5.74) is 2.60. The molecule has 0 unspecified atom stereocenters. The molecule has 1 aromatic rings. The summed E-state index contributed by atoms with van der Waals surface area (Å²) in [6.45, 7) is 3.17. The maximum atomic E-state index is 4.35. The van der Waals surface area contributed by atoms with Crippen molar-refractivity contribution in [2.24, 2.45) is 0 Å². The molecule has 0 aliphatic heterocycles. The van der Waals surface area contributed by atoms with E-state index >= 15 is 0 Å². The minimum absolute atomic E-state index is 1.00. The molecular formula is C10H16N2. The van der Waals surface area contributed by atoms with E-state index in [0.29, 0.717) is 0 Å². The molecule has 0 aromatic carbocycles. The van der Waals surface area contributed by atoms with Gasteiger partial charge in [-0.25, -0.2) is 0 Å². The maximum absolute atomic E-state index is 4.35. The summed E-state index contributed by atoms with van der Waals surface area (Å²) in [4.78, 5) is 4.35. The second kappa shape index (κ2) is 4.88. The van der Waals surface area contributed by atoms with Crippen LogP contribution in [0.1, 0.15) is 18.2 Å². The first-order valence-corrected chi connectivity index (χ1v) is 4.45. The number of rotatable bonds is 4. The predicted octanol–water partition coefficient (Wildman–Crippen LogP) is 1.41. The zero-order chi connectivity index (χ0) is 8.81. The van der Waals surface area contributed by atoms with Crippen molar-refractivity contribution in [3.05, 3.63) is 29.6 Å². The zero-order valence-electron chi connectivity index (χ0n) is 7.80. The van der Waals surface area contributed by atoms with Crippen LogP contribution in [0.4, 0.5) is 0 Å². The van der Waals surface area contributed by atoms with E-state index < -0.39 is 0 Å². The third-order valence-electron chi connectivity index (χ3n) is 1.98. The van der Waals surface area contributed by atoms with Crippen LogP contribution in [0, 0.1) is 0 Å². The van der Waals surface area contributed by atoms with Crippen LogP contribution in [0.3, 0.4) is 0 Å². The van der Waals surface area contributed by atoms with Crippen LogP contribution in [0.15, 0.2) is 18.3 Å². The van der Waals surface area contributed by atoms with Gasteiger partial charge in [-0.3, -0.25) is 4.98 Å². The molecule has 0 radical (unpaired) electrons. The zero-order valence-corrected chi connectivity index (χ0v) is 7.80. The van der Waals surface area contributed by atoms with Crippen LogP contribution in [-0.4, -0.2) is 18.6 Å². The molecule has 0 amide bonds. The average molecular weight is 164 g/mol.